The van der Waals surface area contributed by atoms with Crippen molar-refractivity contribution < 1.29 is 4.39 Å². The number of rotatable bonds is 6. The molecule has 1 nitrogen and oxygen atoms in total. The van der Waals surface area contributed by atoms with Crippen LogP contribution in [0.4, 0.5) is 4.39 Å². The molecular formula is C24H32FN. The van der Waals surface area contributed by atoms with Crippen LogP contribution in [0.1, 0.15) is 87.7 Å². The van der Waals surface area contributed by atoms with Gasteiger partial charge in [-0.3, -0.25) is 0 Å². The summed E-state index contributed by atoms with van der Waals surface area (Å²) in [6.07, 6.45) is 16.6. The van der Waals surface area contributed by atoms with Crippen molar-refractivity contribution in [3.05, 3.63) is 47.8 Å². The van der Waals surface area contributed by atoms with Crippen molar-refractivity contribution in [1.82, 2.24) is 0 Å². The van der Waals surface area contributed by atoms with E-state index in [2.05, 4.69) is 18.2 Å². The van der Waals surface area contributed by atoms with Crippen LogP contribution in [-0.4, -0.2) is 0 Å². The molecule has 2 heteroatoms. The summed E-state index contributed by atoms with van der Waals surface area (Å²) in [5.74, 6) is 3.45. The number of hydrogen-bond donors (Lipinski definition) is 0. The van der Waals surface area contributed by atoms with Crippen molar-refractivity contribution in [2.45, 2.75) is 76.5 Å². The van der Waals surface area contributed by atoms with E-state index in [1.165, 1.54) is 63.4 Å². The number of halogens is 1. The number of unbranched alkanes of at least 4 members (excludes halogenated alkanes) is 1. The Morgan fingerprint density at radius 2 is 1.54 bits per heavy atom. The zero-order valence-electron chi connectivity index (χ0n) is 15.9. The highest BCUT2D eigenvalue weighted by atomic mass is 19.1. The second kappa shape index (κ2) is 9.91. The minimum absolute atomic E-state index is 0.686. The fraction of sp³-hybridized carbons (Fsp3) is 0.625. The third-order valence-corrected chi connectivity index (χ3v) is 6.91. The Labute approximate surface area is 158 Å². The van der Waals surface area contributed by atoms with Gasteiger partial charge in [-0.2, -0.15) is 5.26 Å². The first-order valence-electron chi connectivity index (χ1n) is 10.6. The van der Waals surface area contributed by atoms with Gasteiger partial charge in [-0.05, 0) is 92.7 Å². The molecule has 0 unspecified atom stereocenters. The summed E-state index contributed by atoms with van der Waals surface area (Å²) in [6, 6.07) is 10.5. The number of allylic oxidation sites excluding steroid dienone is 1. The number of hydrogen-bond acceptors (Lipinski definition) is 1. The van der Waals surface area contributed by atoms with E-state index in [0.29, 0.717) is 12.2 Å². The third-order valence-electron chi connectivity index (χ3n) is 6.91. The minimum atomic E-state index is 0.686. The van der Waals surface area contributed by atoms with Gasteiger partial charge in [-0.1, -0.05) is 37.5 Å². The lowest BCUT2D eigenvalue weighted by Crippen LogP contribution is -2.25. The summed E-state index contributed by atoms with van der Waals surface area (Å²) in [6.45, 7) is 0. The highest BCUT2D eigenvalue weighted by molar-refractivity contribution is 5.33. The van der Waals surface area contributed by atoms with Crippen molar-refractivity contribution in [3.63, 3.8) is 0 Å². The summed E-state index contributed by atoms with van der Waals surface area (Å²) in [5.41, 5.74) is 2.19. The molecule has 0 saturated heterocycles. The van der Waals surface area contributed by atoms with Gasteiger partial charge in [0, 0.05) is 0 Å². The lowest BCUT2D eigenvalue weighted by Gasteiger charge is -2.38. The summed E-state index contributed by atoms with van der Waals surface area (Å²) < 4.78 is 12.0. The molecule has 0 heterocycles. The quantitative estimate of drug-likeness (QED) is 0.492. The van der Waals surface area contributed by atoms with Gasteiger partial charge >= 0.3 is 0 Å². The molecular weight excluding hydrogens is 321 g/mol. The average molecular weight is 354 g/mol. The monoisotopic (exact) mass is 353 g/mol. The maximum absolute atomic E-state index is 12.0. The standard InChI is InChI=1S/C24H32FN/c25-17-3-1-2-4-19-5-9-21(10-6-19)23-13-15-24(16-14-23)22-11-7-20(18-26)8-12-22/h3,7-8,11-12,17,19,21,23-24H,1-2,4-6,9-10,13-16H2/b17-3+/t19-,21-,23-,24-. The Bertz CT molecular complexity index is 596. The fourth-order valence-electron chi connectivity index (χ4n) is 5.29. The van der Waals surface area contributed by atoms with E-state index in [0.717, 1.165) is 36.2 Å². The number of nitrogens with zero attached hydrogens (tertiary/aromatic N) is 1. The van der Waals surface area contributed by atoms with Crippen molar-refractivity contribution in [3.8, 4) is 6.07 Å². The van der Waals surface area contributed by atoms with Crippen LogP contribution in [0.25, 0.3) is 0 Å². The highest BCUT2D eigenvalue weighted by Crippen LogP contribution is 2.44. The molecule has 2 aliphatic carbocycles. The first-order chi connectivity index (χ1) is 12.8. The Balaban J connectivity index is 1.39. The zero-order chi connectivity index (χ0) is 18.2. The SMILES string of the molecule is N#Cc1ccc([C@H]2CC[C@H]([C@H]3CC[C@H](CCC/C=C/F)CC3)CC2)cc1. The summed E-state index contributed by atoms with van der Waals surface area (Å²) in [5, 5.41) is 8.94. The lowest BCUT2D eigenvalue weighted by atomic mass is 9.68. The lowest BCUT2D eigenvalue weighted by molar-refractivity contribution is 0.156. The smallest absolute Gasteiger partial charge is 0.0991 e. The predicted molar refractivity (Wildman–Crippen MR) is 105 cm³/mol. The Morgan fingerprint density at radius 1 is 0.923 bits per heavy atom. The van der Waals surface area contributed by atoms with Crippen molar-refractivity contribution in [2.75, 3.05) is 0 Å². The highest BCUT2D eigenvalue weighted by Gasteiger charge is 2.31. The third kappa shape index (κ3) is 5.19. The first kappa shape index (κ1) is 19.2. The van der Waals surface area contributed by atoms with Gasteiger partial charge in [-0.15, -0.1) is 0 Å². The normalized spacial score (nSPS) is 29.5. The van der Waals surface area contributed by atoms with Crippen LogP contribution in [0.5, 0.6) is 0 Å². The van der Waals surface area contributed by atoms with Gasteiger partial charge in [-0.25, -0.2) is 4.39 Å². The topological polar surface area (TPSA) is 23.8 Å². The molecule has 0 aromatic heterocycles. The summed E-state index contributed by atoms with van der Waals surface area (Å²) in [4.78, 5) is 0. The van der Waals surface area contributed by atoms with E-state index in [1.807, 2.05) is 12.1 Å². The second-order valence-corrected chi connectivity index (χ2v) is 8.42. The zero-order valence-corrected chi connectivity index (χ0v) is 15.9. The molecule has 0 radical (unpaired) electrons. The molecule has 0 aliphatic heterocycles. The van der Waals surface area contributed by atoms with Gasteiger partial charge in [0.2, 0.25) is 0 Å². The Hall–Kier alpha value is -1.62. The first-order valence-corrected chi connectivity index (χ1v) is 10.6. The van der Waals surface area contributed by atoms with E-state index < -0.39 is 0 Å². The van der Waals surface area contributed by atoms with Gasteiger partial charge in [0.25, 0.3) is 0 Å². The predicted octanol–water partition coefficient (Wildman–Crippen LogP) is 7.29. The van der Waals surface area contributed by atoms with Crippen LogP contribution in [0.15, 0.2) is 36.7 Å². The van der Waals surface area contributed by atoms with E-state index in [-0.39, 0.29) is 0 Å². The average Bonchev–Trinajstić information content (AvgIpc) is 2.72. The van der Waals surface area contributed by atoms with Gasteiger partial charge in [0.1, 0.15) is 0 Å². The van der Waals surface area contributed by atoms with Gasteiger partial charge < -0.3 is 0 Å². The van der Waals surface area contributed by atoms with E-state index >= 15 is 0 Å². The molecule has 2 saturated carbocycles. The fourth-order valence-corrected chi connectivity index (χ4v) is 5.29. The molecule has 0 amide bonds. The van der Waals surface area contributed by atoms with Crippen LogP contribution in [0.3, 0.4) is 0 Å². The van der Waals surface area contributed by atoms with Gasteiger partial charge in [0.15, 0.2) is 0 Å². The Morgan fingerprint density at radius 3 is 2.12 bits per heavy atom. The summed E-state index contributed by atoms with van der Waals surface area (Å²) in [7, 11) is 0. The van der Waals surface area contributed by atoms with Crippen molar-refractivity contribution in [1.29, 1.82) is 5.26 Å². The molecule has 2 fully saturated rings. The molecule has 26 heavy (non-hydrogen) atoms. The number of nitriles is 1. The van der Waals surface area contributed by atoms with Crippen LogP contribution < -0.4 is 0 Å². The van der Waals surface area contributed by atoms with Crippen molar-refractivity contribution in [2.24, 2.45) is 17.8 Å². The number of benzene rings is 1. The minimum Gasteiger partial charge on any atom is -0.216 e. The molecule has 0 spiro atoms. The molecule has 140 valence electrons. The van der Waals surface area contributed by atoms with E-state index in [9.17, 15) is 4.39 Å². The molecule has 1 aromatic rings. The van der Waals surface area contributed by atoms with Crippen molar-refractivity contribution >= 4 is 0 Å². The van der Waals surface area contributed by atoms with Crippen LogP contribution >= 0.6 is 0 Å². The van der Waals surface area contributed by atoms with E-state index in [1.54, 1.807) is 6.08 Å². The molecule has 0 N–H and O–H groups in total. The molecule has 1 aromatic carbocycles. The maximum atomic E-state index is 12.0. The molecule has 3 rings (SSSR count). The van der Waals surface area contributed by atoms with E-state index in [4.69, 9.17) is 5.26 Å². The molecule has 0 bridgehead atoms. The van der Waals surface area contributed by atoms with Crippen LogP contribution in [0, 0.1) is 29.1 Å². The van der Waals surface area contributed by atoms with Crippen LogP contribution in [0.2, 0.25) is 0 Å². The summed E-state index contributed by atoms with van der Waals surface area (Å²) >= 11 is 0. The molecule has 0 atom stereocenters. The Kier molecular flexibility index (Phi) is 7.30. The van der Waals surface area contributed by atoms with Crippen LogP contribution in [-0.2, 0) is 0 Å². The molecule has 2 aliphatic rings. The largest absolute Gasteiger partial charge is 0.216 e. The van der Waals surface area contributed by atoms with Gasteiger partial charge in [0.05, 0.1) is 18.0 Å². The maximum Gasteiger partial charge on any atom is 0.0991 e. The second-order valence-electron chi connectivity index (χ2n) is 8.42.